The van der Waals surface area contributed by atoms with Crippen molar-refractivity contribution in [2.24, 2.45) is 0 Å². The van der Waals surface area contributed by atoms with E-state index in [0.717, 1.165) is 23.9 Å². The molecule has 0 radical (unpaired) electrons. The van der Waals surface area contributed by atoms with Gasteiger partial charge >= 0.3 is 21.6 Å². The molecule has 1 rings (SSSR count). The molecule has 0 unspecified atom stereocenters. The number of hydrogen-bond acceptors (Lipinski definition) is 12. The van der Waals surface area contributed by atoms with Gasteiger partial charge in [0, 0.05) is 12.8 Å². The number of hydrogen-bond donors (Lipinski definition) is 14. The number of unbranched alkanes of at least 4 members (excludes halogenated alkanes) is 8. The smallest absolute Gasteiger partial charge is 0.466 e. The van der Waals surface area contributed by atoms with Crippen LogP contribution in [0.25, 0.3) is 0 Å². The summed E-state index contributed by atoms with van der Waals surface area (Å²) in [6, 6.07) is 0. The number of carbonyl (C=O) groups excluding carboxylic acids is 1. The fourth-order valence-electron chi connectivity index (χ4n) is 3.59. The van der Waals surface area contributed by atoms with E-state index in [2.05, 4.69) is 28.1 Å². The molecular weight excluding hydrogens is 715 g/mol. The first-order chi connectivity index (χ1) is 21.4. The van der Waals surface area contributed by atoms with Crippen LogP contribution in [-0.2, 0) is 23.2 Å². The van der Waals surface area contributed by atoms with E-state index in [4.69, 9.17) is 93.1 Å². The number of carbonyl (C=O) groups is 1. The first-order valence-electron chi connectivity index (χ1n) is 14.8. The third kappa shape index (κ3) is 49.9. The minimum absolute atomic E-state index is 0.0145. The molecule has 1 saturated carbocycles. The van der Waals surface area contributed by atoms with E-state index in [0.29, 0.717) is 13.0 Å². The Labute approximate surface area is 280 Å². The maximum Gasteiger partial charge on any atom is 0.466 e. The topological polar surface area (TPSA) is 384 Å². The van der Waals surface area contributed by atoms with E-state index < -0.39 is 60.1 Å². The van der Waals surface area contributed by atoms with Crippen LogP contribution in [0, 0.1) is 0 Å². The maximum absolute atomic E-state index is 11.5. The summed E-state index contributed by atoms with van der Waals surface area (Å²) in [5.74, 6) is -0.0145. The van der Waals surface area contributed by atoms with Gasteiger partial charge in [-0.3, -0.25) is 9.36 Å². The Morgan fingerprint density at radius 1 is 0.583 bits per heavy atom. The Balaban J connectivity index is -0.000000298. The molecule has 1 fully saturated rings. The molecule has 21 nitrogen and oxygen atoms in total. The molecule has 294 valence electrons. The first kappa shape index (κ1) is 54.3. The molecule has 1 aliphatic rings. The second-order valence-electron chi connectivity index (χ2n) is 11.6. The summed E-state index contributed by atoms with van der Waals surface area (Å²) < 4.78 is 32.7. The minimum atomic E-state index is -4.89. The van der Waals surface area contributed by atoms with E-state index in [9.17, 15) is 4.79 Å². The summed E-state index contributed by atoms with van der Waals surface area (Å²) in [7, 11) is -7.70. The maximum atomic E-state index is 11.5. The summed E-state index contributed by atoms with van der Waals surface area (Å²) >= 11 is 0. The number of esters is 1. The molecule has 0 bridgehead atoms. The fourth-order valence-corrected chi connectivity index (χ4v) is 3.59. The Kier molecular flexibility index (Phi) is 31.8. The second-order valence-corrected chi connectivity index (χ2v) is 14.7. The van der Waals surface area contributed by atoms with E-state index in [1.54, 1.807) is 0 Å². The second kappa shape index (κ2) is 28.1. The zero-order chi connectivity index (χ0) is 38.9. The molecule has 0 aliphatic heterocycles. The fraction of sp³-hybridized carbons (Fsp3) is 0.958. The Bertz CT molecular complexity index is 805. The monoisotopic (exact) mass is 773 g/mol. The Hall–Kier alpha value is -0.480. The van der Waals surface area contributed by atoms with Crippen molar-refractivity contribution >= 4 is 29.4 Å². The van der Waals surface area contributed by atoms with Crippen LogP contribution in [0.5, 0.6) is 0 Å². The number of aliphatic hydroxyl groups is 6. The van der Waals surface area contributed by atoms with Crippen LogP contribution in [0.3, 0.4) is 0 Å². The van der Waals surface area contributed by atoms with Crippen LogP contribution in [0.15, 0.2) is 0 Å². The van der Waals surface area contributed by atoms with Crippen molar-refractivity contribution in [3.05, 3.63) is 0 Å². The highest BCUT2D eigenvalue weighted by Crippen LogP contribution is 2.26. The van der Waals surface area contributed by atoms with Crippen LogP contribution in [-0.4, -0.2) is 151 Å². The van der Waals surface area contributed by atoms with Gasteiger partial charge in [0.15, 0.2) is 0 Å². The molecule has 24 heteroatoms. The molecule has 14 N–H and O–H groups in total. The van der Waals surface area contributed by atoms with Crippen molar-refractivity contribution in [3.63, 3.8) is 0 Å². The normalized spacial score (nSPS) is 22.6. The average molecular weight is 774 g/mol. The summed E-state index contributed by atoms with van der Waals surface area (Å²) in [5.41, 5.74) is 0. The molecule has 0 aromatic carbocycles. The van der Waals surface area contributed by atoms with E-state index in [1.807, 2.05) is 0 Å². The van der Waals surface area contributed by atoms with Crippen LogP contribution in [0.2, 0.25) is 0 Å². The third-order valence-electron chi connectivity index (χ3n) is 5.82. The molecular formula is C24H58NO20P3. The number of nitrogens with zero attached hydrogens (tertiary/aromatic N) is 1. The van der Waals surface area contributed by atoms with Crippen molar-refractivity contribution in [1.82, 2.24) is 0 Å². The molecule has 0 saturated heterocycles. The predicted octanol–water partition coefficient (Wildman–Crippen LogP) is -2.71. The molecule has 0 heterocycles. The molecule has 1 aliphatic carbocycles. The lowest BCUT2D eigenvalue weighted by Crippen LogP contribution is -2.63. The Morgan fingerprint density at radius 2 is 0.833 bits per heavy atom. The molecule has 48 heavy (non-hydrogen) atoms. The predicted molar refractivity (Wildman–Crippen MR) is 167 cm³/mol. The zero-order valence-corrected chi connectivity index (χ0v) is 30.3. The van der Waals surface area contributed by atoms with E-state index in [-0.39, 0.29) is 5.97 Å². The molecule has 0 atom stereocenters. The SMILES string of the molecule is CCCCCCCCCCCC(=O)OCCC[N+](C)(C)C.O=P(O)(O)O.O=P(O)(O)O.O=P([O-])(O)O.OC1C(O)C(O)C(O)C(O)C1O. The van der Waals surface area contributed by atoms with Gasteiger partial charge in [-0.25, -0.2) is 9.13 Å². The largest absolute Gasteiger partial charge is 0.756 e. The van der Waals surface area contributed by atoms with Gasteiger partial charge in [-0.1, -0.05) is 58.3 Å². The highest BCUT2D eigenvalue weighted by atomic mass is 31.2. The van der Waals surface area contributed by atoms with Gasteiger partial charge in [-0.05, 0) is 6.42 Å². The number of phosphoric acid groups is 3. The van der Waals surface area contributed by atoms with E-state index in [1.165, 1.54) is 51.4 Å². The minimum Gasteiger partial charge on any atom is -0.756 e. The summed E-state index contributed by atoms with van der Waals surface area (Å²) in [4.78, 5) is 77.6. The van der Waals surface area contributed by atoms with E-state index >= 15 is 0 Å². The number of rotatable bonds is 14. The first-order valence-corrected chi connectivity index (χ1v) is 19.5. The van der Waals surface area contributed by atoms with Crippen LogP contribution in [0.4, 0.5) is 0 Å². The summed E-state index contributed by atoms with van der Waals surface area (Å²) in [6.07, 6.45) is 3.26. The number of ether oxygens (including phenoxy) is 1. The lowest BCUT2D eigenvalue weighted by atomic mass is 9.85. The average Bonchev–Trinajstić information content (AvgIpc) is 2.88. The third-order valence-corrected chi connectivity index (χ3v) is 5.82. The lowest BCUT2D eigenvalue weighted by Gasteiger charge is -2.39. The van der Waals surface area contributed by atoms with Gasteiger partial charge in [0.2, 0.25) is 0 Å². The van der Waals surface area contributed by atoms with Gasteiger partial charge in [0.05, 0.1) is 34.3 Å². The highest BCUT2D eigenvalue weighted by molar-refractivity contribution is 7.45. The molecule has 0 aromatic rings. The van der Waals surface area contributed by atoms with Gasteiger partial charge in [-0.15, -0.1) is 0 Å². The summed E-state index contributed by atoms with van der Waals surface area (Å²) in [5, 5.41) is 53.8. The standard InChI is InChI=1S/C18H38NO2.C6H12O6.3H3O4P/c1-5-6-7-8-9-10-11-12-13-15-18(20)21-17-14-16-19(2,3)4;7-1-2(8)4(10)6(12)5(11)3(1)9;3*1-5(2,3)4/h5-17H2,1-4H3;1-12H;3*(H3,1,2,3,4)/q+1;;;;/p-1. The Morgan fingerprint density at radius 3 is 1.08 bits per heavy atom. The molecule has 0 amide bonds. The lowest BCUT2D eigenvalue weighted by molar-refractivity contribution is -0.870. The van der Waals surface area contributed by atoms with Crippen molar-refractivity contribution < 1.29 is 102 Å². The number of quaternary nitrogens is 1. The van der Waals surface area contributed by atoms with Crippen molar-refractivity contribution in [1.29, 1.82) is 0 Å². The highest BCUT2D eigenvalue weighted by Gasteiger charge is 2.47. The van der Waals surface area contributed by atoms with Gasteiger partial charge < -0.3 is 83.9 Å². The van der Waals surface area contributed by atoms with Crippen molar-refractivity contribution in [2.45, 2.75) is 114 Å². The van der Waals surface area contributed by atoms with Crippen molar-refractivity contribution in [2.75, 3.05) is 34.3 Å². The van der Waals surface area contributed by atoms with Gasteiger partial charge in [0.1, 0.15) is 36.6 Å². The number of aliphatic hydroxyl groups excluding tert-OH is 6. The van der Waals surface area contributed by atoms with Crippen LogP contribution >= 0.6 is 23.5 Å². The quantitative estimate of drug-likeness (QED) is 0.0369. The van der Waals surface area contributed by atoms with Crippen LogP contribution < -0.4 is 4.89 Å². The van der Waals surface area contributed by atoms with Crippen LogP contribution in [0.1, 0.15) is 77.6 Å². The van der Waals surface area contributed by atoms with Gasteiger partial charge in [0.25, 0.3) is 7.82 Å². The summed E-state index contributed by atoms with van der Waals surface area (Å²) in [6.45, 7) is 3.87. The molecule has 0 aromatic heterocycles. The van der Waals surface area contributed by atoms with Crippen molar-refractivity contribution in [3.8, 4) is 0 Å². The van der Waals surface area contributed by atoms with Gasteiger partial charge in [-0.2, -0.15) is 0 Å². The zero-order valence-electron chi connectivity index (χ0n) is 27.7. The molecule has 0 spiro atoms.